The summed E-state index contributed by atoms with van der Waals surface area (Å²) < 4.78 is 0. The first-order valence-electron chi connectivity index (χ1n) is 7.15. The highest BCUT2D eigenvalue weighted by atomic mass is 32.1. The molecule has 2 heterocycles. The van der Waals surface area contributed by atoms with Crippen LogP contribution in [0, 0.1) is 11.8 Å². The van der Waals surface area contributed by atoms with Gasteiger partial charge in [-0.25, -0.2) is 0 Å². The quantitative estimate of drug-likeness (QED) is 0.910. The number of aryl methyl sites for hydroxylation is 1. The van der Waals surface area contributed by atoms with Gasteiger partial charge in [0.1, 0.15) is 0 Å². The van der Waals surface area contributed by atoms with Gasteiger partial charge in [0.15, 0.2) is 0 Å². The van der Waals surface area contributed by atoms with Crippen molar-refractivity contribution in [3.05, 3.63) is 21.9 Å². The van der Waals surface area contributed by atoms with Crippen molar-refractivity contribution in [3.8, 4) is 0 Å². The summed E-state index contributed by atoms with van der Waals surface area (Å²) in [5.74, 6) is -1.08. The maximum Gasteiger partial charge on any atom is 0.308 e. The van der Waals surface area contributed by atoms with Crippen LogP contribution in [0.5, 0.6) is 0 Å². The molecule has 5 heteroatoms. The lowest BCUT2D eigenvalue weighted by atomic mass is 9.87. The van der Waals surface area contributed by atoms with Gasteiger partial charge in [-0.3, -0.25) is 9.59 Å². The van der Waals surface area contributed by atoms with E-state index in [9.17, 15) is 14.7 Å². The van der Waals surface area contributed by atoms with Gasteiger partial charge in [-0.2, -0.15) is 0 Å². The van der Waals surface area contributed by atoms with Crippen molar-refractivity contribution in [1.29, 1.82) is 0 Å². The number of likely N-dealkylation sites (tertiary alicyclic amines) is 1. The minimum atomic E-state index is -0.785. The summed E-state index contributed by atoms with van der Waals surface area (Å²) in [7, 11) is 0. The summed E-state index contributed by atoms with van der Waals surface area (Å²) in [6.45, 7) is 2.86. The van der Waals surface area contributed by atoms with Crippen molar-refractivity contribution in [3.63, 3.8) is 0 Å². The molecule has 0 radical (unpaired) electrons. The van der Waals surface area contributed by atoms with Crippen LogP contribution >= 0.6 is 11.3 Å². The SMILES string of the molecule is C[C@@H]1CN(C(=O)C2CCCc3sccc32)C[C@H]1C(=O)O. The molecule has 0 aromatic carbocycles. The predicted molar refractivity (Wildman–Crippen MR) is 76.9 cm³/mol. The van der Waals surface area contributed by atoms with Crippen LogP contribution < -0.4 is 0 Å². The van der Waals surface area contributed by atoms with Crippen LogP contribution in [0.3, 0.4) is 0 Å². The van der Waals surface area contributed by atoms with E-state index in [-0.39, 0.29) is 17.7 Å². The summed E-state index contributed by atoms with van der Waals surface area (Å²) in [5, 5.41) is 11.2. The number of fused-ring (bicyclic) bond motifs is 1. The molecule has 1 aliphatic carbocycles. The molecule has 20 heavy (non-hydrogen) atoms. The summed E-state index contributed by atoms with van der Waals surface area (Å²) in [5.41, 5.74) is 1.18. The standard InChI is InChI=1S/C15H19NO3S/c1-9-7-16(8-12(9)15(18)19)14(17)11-3-2-4-13-10(11)5-6-20-13/h5-6,9,11-12H,2-4,7-8H2,1H3,(H,18,19)/t9-,11?,12-/m1/s1. The molecule has 1 aromatic heterocycles. The molecule has 4 nitrogen and oxygen atoms in total. The van der Waals surface area contributed by atoms with E-state index in [2.05, 4.69) is 11.4 Å². The Labute approximate surface area is 122 Å². The molecule has 1 N–H and O–H groups in total. The molecular formula is C15H19NO3S. The van der Waals surface area contributed by atoms with E-state index in [1.807, 2.05) is 6.92 Å². The fourth-order valence-electron chi connectivity index (χ4n) is 3.43. The molecule has 108 valence electrons. The second-order valence-corrected chi connectivity index (χ2v) is 6.91. The van der Waals surface area contributed by atoms with Crippen molar-refractivity contribution < 1.29 is 14.7 Å². The van der Waals surface area contributed by atoms with Gasteiger partial charge >= 0.3 is 5.97 Å². The second kappa shape index (κ2) is 5.20. The molecule has 1 aromatic rings. The van der Waals surface area contributed by atoms with Gasteiger partial charge in [0.05, 0.1) is 11.8 Å². The number of carbonyl (C=O) groups is 2. The lowest BCUT2D eigenvalue weighted by molar-refractivity contribution is -0.142. The average Bonchev–Trinajstić information content (AvgIpc) is 3.03. The maximum atomic E-state index is 12.7. The second-order valence-electron chi connectivity index (χ2n) is 5.91. The number of hydrogen-bond donors (Lipinski definition) is 1. The minimum absolute atomic E-state index is 0.0435. The highest BCUT2D eigenvalue weighted by molar-refractivity contribution is 7.10. The van der Waals surface area contributed by atoms with Crippen LogP contribution in [-0.2, 0) is 16.0 Å². The summed E-state index contributed by atoms with van der Waals surface area (Å²) in [4.78, 5) is 27.0. The number of carboxylic acids is 1. The van der Waals surface area contributed by atoms with E-state index in [1.165, 1.54) is 10.4 Å². The molecule has 0 spiro atoms. The van der Waals surface area contributed by atoms with Crippen LogP contribution in [0.4, 0.5) is 0 Å². The lowest BCUT2D eigenvalue weighted by Crippen LogP contribution is -2.35. The number of carbonyl (C=O) groups excluding carboxylic acids is 1. The zero-order valence-corrected chi connectivity index (χ0v) is 12.4. The Morgan fingerprint density at radius 3 is 2.90 bits per heavy atom. The molecule has 1 unspecified atom stereocenters. The van der Waals surface area contributed by atoms with E-state index >= 15 is 0 Å². The monoisotopic (exact) mass is 293 g/mol. The molecule has 0 bridgehead atoms. The van der Waals surface area contributed by atoms with Crippen LogP contribution in [0.2, 0.25) is 0 Å². The van der Waals surface area contributed by atoms with Crippen molar-refractivity contribution >= 4 is 23.2 Å². The molecule has 1 saturated heterocycles. The zero-order chi connectivity index (χ0) is 14.3. The van der Waals surface area contributed by atoms with Crippen molar-refractivity contribution in [2.24, 2.45) is 11.8 Å². The number of hydrogen-bond acceptors (Lipinski definition) is 3. The van der Waals surface area contributed by atoms with Crippen LogP contribution in [0.1, 0.15) is 36.1 Å². The molecule has 3 rings (SSSR count). The Hall–Kier alpha value is -1.36. The molecule has 3 atom stereocenters. The third-order valence-electron chi connectivity index (χ3n) is 4.59. The van der Waals surface area contributed by atoms with E-state index in [4.69, 9.17) is 0 Å². The first kappa shape index (κ1) is 13.6. The van der Waals surface area contributed by atoms with E-state index in [1.54, 1.807) is 16.2 Å². The zero-order valence-electron chi connectivity index (χ0n) is 11.5. The van der Waals surface area contributed by atoms with E-state index in [0.717, 1.165) is 19.3 Å². The van der Waals surface area contributed by atoms with Gasteiger partial charge in [0.25, 0.3) is 0 Å². The summed E-state index contributed by atoms with van der Waals surface area (Å²) in [6.07, 6.45) is 3.02. The number of aliphatic carboxylic acids is 1. The Morgan fingerprint density at radius 1 is 1.40 bits per heavy atom. The highest BCUT2D eigenvalue weighted by Crippen LogP contribution is 2.37. The Balaban J connectivity index is 1.77. The Bertz CT molecular complexity index is 539. The number of rotatable bonds is 2. The Kier molecular flexibility index (Phi) is 3.54. The van der Waals surface area contributed by atoms with Crippen LogP contribution in [0.25, 0.3) is 0 Å². The van der Waals surface area contributed by atoms with Crippen molar-refractivity contribution in [1.82, 2.24) is 4.90 Å². The number of carboxylic acid groups (broad SMARTS) is 1. The van der Waals surface area contributed by atoms with E-state index in [0.29, 0.717) is 13.1 Å². The fourth-order valence-corrected chi connectivity index (χ4v) is 4.42. The normalized spacial score (nSPS) is 29.2. The lowest BCUT2D eigenvalue weighted by Gasteiger charge is -2.26. The first-order valence-corrected chi connectivity index (χ1v) is 8.03. The molecule has 2 aliphatic rings. The summed E-state index contributed by atoms with van der Waals surface area (Å²) >= 11 is 1.73. The smallest absolute Gasteiger partial charge is 0.308 e. The molecular weight excluding hydrogens is 274 g/mol. The van der Waals surface area contributed by atoms with Crippen molar-refractivity contribution in [2.75, 3.05) is 13.1 Å². The molecule has 0 saturated carbocycles. The number of nitrogens with zero attached hydrogens (tertiary/aromatic N) is 1. The number of amides is 1. The van der Waals surface area contributed by atoms with E-state index < -0.39 is 11.9 Å². The van der Waals surface area contributed by atoms with Crippen LogP contribution in [0.15, 0.2) is 11.4 Å². The topological polar surface area (TPSA) is 57.6 Å². The van der Waals surface area contributed by atoms with Gasteiger partial charge in [-0.05, 0) is 42.2 Å². The minimum Gasteiger partial charge on any atom is -0.481 e. The fraction of sp³-hybridized carbons (Fsp3) is 0.600. The molecule has 1 aliphatic heterocycles. The Morgan fingerprint density at radius 2 is 2.20 bits per heavy atom. The van der Waals surface area contributed by atoms with Gasteiger partial charge in [0.2, 0.25) is 5.91 Å². The third-order valence-corrected chi connectivity index (χ3v) is 5.59. The van der Waals surface area contributed by atoms with Gasteiger partial charge in [0, 0.05) is 18.0 Å². The molecule has 1 amide bonds. The van der Waals surface area contributed by atoms with Crippen LogP contribution in [-0.4, -0.2) is 35.0 Å². The maximum absolute atomic E-state index is 12.7. The molecule has 1 fully saturated rings. The summed E-state index contributed by atoms with van der Waals surface area (Å²) in [6, 6.07) is 2.07. The average molecular weight is 293 g/mol. The van der Waals surface area contributed by atoms with Gasteiger partial charge in [-0.15, -0.1) is 11.3 Å². The third kappa shape index (κ3) is 2.24. The van der Waals surface area contributed by atoms with Crippen molar-refractivity contribution in [2.45, 2.75) is 32.1 Å². The highest BCUT2D eigenvalue weighted by Gasteiger charge is 2.40. The first-order chi connectivity index (χ1) is 9.58. The number of thiophene rings is 1. The predicted octanol–water partition coefficient (Wildman–Crippen LogP) is 2.35. The van der Waals surface area contributed by atoms with Gasteiger partial charge < -0.3 is 10.0 Å². The largest absolute Gasteiger partial charge is 0.481 e. The van der Waals surface area contributed by atoms with Gasteiger partial charge in [-0.1, -0.05) is 6.92 Å².